The largest absolute Gasteiger partial charge is 0.370 e. The molecular weight excluding hydrogens is 224 g/mol. The first-order valence-corrected chi connectivity index (χ1v) is 7.03. The molecule has 0 aliphatic carbocycles. The summed E-state index contributed by atoms with van der Waals surface area (Å²) < 4.78 is 0. The summed E-state index contributed by atoms with van der Waals surface area (Å²) >= 11 is 0. The van der Waals surface area contributed by atoms with E-state index in [-0.39, 0.29) is 0 Å². The average molecular weight is 248 g/mol. The predicted octanol–water partition coefficient (Wildman–Crippen LogP) is 2.92. The van der Waals surface area contributed by atoms with Gasteiger partial charge in [0.15, 0.2) is 0 Å². The number of nitrogens with zero attached hydrogens (tertiary/aromatic N) is 3. The first kappa shape index (κ1) is 13.1. The first-order chi connectivity index (χ1) is 8.70. The van der Waals surface area contributed by atoms with Crippen LogP contribution in [0.2, 0.25) is 0 Å². The van der Waals surface area contributed by atoms with Gasteiger partial charge in [-0.1, -0.05) is 13.8 Å². The highest BCUT2D eigenvalue weighted by Crippen LogP contribution is 2.26. The smallest absolute Gasteiger partial charge is 0.134 e. The van der Waals surface area contributed by atoms with Crippen molar-refractivity contribution >= 4 is 11.6 Å². The molecule has 1 aliphatic heterocycles. The van der Waals surface area contributed by atoms with E-state index in [9.17, 15) is 0 Å². The van der Waals surface area contributed by atoms with Gasteiger partial charge in [0, 0.05) is 25.2 Å². The van der Waals surface area contributed by atoms with Gasteiger partial charge >= 0.3 is 0 Å². The molecule has 0 radical (unpaired) electrons. The van der Waals surface area contributed by atoms with E-state index in [2.05, 4.69) is 47.0 Å². The van der Waals surface area contributed by atoms with Crippen molar-refractivity contribution < 1.29 is 0 Å². The molecular formula is C14H24N4. The van der Waals surface area contributed by atoms with E-state index in [0.717, 1.165) is 37.1 Å². The van der Waals surface area contributed by atoms with Crippen molar-refractivity contribution in [2.45, 2.75) is 46.1 Å². The SMILES string of the molecule is CCCNc1cc(N2CCC(C)CC2C)ncn1. The molecule has 4 heteroatoms. The second-order valence-corrected chi connectivity index (χ2v) is 5.36. The molecule has 18 heavy (non-hydrogen) atoms. The van der Waals surface area contributed by atoms with E-state index in [1.807, 2.05) is 0 Å². The summed E-state index contributed by atoms with van der Waals surface area (Å²) in [6.07, 6.45) is 5.28. The van der Waals surface area contributed by atoms with Gasteiger partial charge in [-0.3, -0.25) is 0 Å². The third-order valence-corrected chi connectivity index (χ3v) is 3.64. The molecule has 2 heterocycles. The van der Waals surface area contributed by atoms with Crippen LogP contribution < -0.4 is 10.2 Å². The van der Waals surface area contributed by atoms with Crippen LogP contribution in [0, 0.1) is 5.92 Å². The van der Waals surface area contributed by atoms with Crippen LogP contribution in [0.5, 0.6) is 0 Å². The summed E-state index contributed by atoms with van der Waals surface area (Å²) in [6, 6.07) is 2.64. The second-order valence-electron chi connectivity index (χ2n) is 5.36. The Morgan fingerprint density at radius 3 is 2.94 bits per heavy atom. The van der Waals surface area contributed by atoms with Gasteiger partial charge < -0.3 is 10.2 Å². The maximum Gasteiger partial charge on any atom is 0.134 e. The minimum atomic E-state index is 0.572. The van der Waals surface area contributed by atoms with Crippen molar-refractivity contribution in [3.63, 3.8) is 0 Å². The van der Waals surface area contributed by atoms with Crippen LogP contribution in [0.4, 0.5) is 11.6 Å². The van der Waals surface area contributed by atoms with E-state index in [4.69, 9.17) is 0 Å². The molecule has 4 nitrogen and oxygen atoms in total. The molecule has 0 aromatic carbocycles. The quantitative estimate of drug-likeness (QED) is 0.889. The van der Waals surface area contributed by atoms with Crippen LogP contribution in [0.3, 0.4) is 0 Å². The van der Waals surface area contributed by atoms with E-state index < -0.39 is 0 Å². The van der Waals surface area contributed by atoms with Gasteiger partial charge in [-0.05, 0) is 32.1 Å². The zero-order valence-corrected chi connectivity index (χ0v) is 11.7. The highest BCUT2D eigenvalue weighted by atomic mass is 15.2. The van der Waals surface area contributed by atoms with Gasteiger partial charge in [-0.2, -0.15) is 0 Å². The number of anilines is 2. The molecule has 1 fully saturated rings. The molecule has 2 unspecified atom stereocenters. The highest BCUT2D eigenvalue weighted by molar-refractivity contribution is 5.49. The minimum absolute atomic E-state index is 0.572. The maximum atomic E-state index is 4.42. The Kier molecular flexibility index (Phi) is 4.39. The Morgan fingerprint density at radius 1 is 1.39 bits per heavy atom. The number of piperidine rings is 1. The molecule has 0 spiro atoms. The molecule has 1 N–H and O–H groups in total. The zero-order valence-electron chi connectivity index (χ0n) is 11.7. The monoisotopic (exact) mass is 248 g/mol. The molecule has 2 rings (SSSR count). The van der Waals surface area contributed by atoms with Crippen molar-refractivity contribution in [1.82, 2.24) is 9.97 Å². The molecule has 0 amide bonds. The van der Waals surface area contributed by atoms with Crippen LogP contribution in [-0.2, 0) is 0 Å². The second kappa shape index (κ2) is 6.03. The molecule has 0 bridgehead atoms. The molecule has 2 atom stereocenters. The maximum absolute atomic E-state index is 4.42. The Bertz CT molecular complexity index is 380. The number of nitrogens with one attached hydrogen (secondary N) is 1. The minimum Gasteiger partial charge on any atom is -0.370 e. The lowest BCUT2D eigenvalue weighted by Crippen LogP contribution is -2.40. The summed E-state index contributed by atoms with van der Waals surface area (Å²) in [5.41, 5.74) is 0. The molecule has 0 saturated carbocycles. The third kappa shape index (κ3) is 3.12. The Hall–Kier alpha value is -1.32. The normalized spacial score (nSPS) is 24.1. The van der Waals surface area contributed by atoms with Crippen LogP contribution in [0.15, 0.2) is 12.4 Å². The van der Waals surface area contributed by atoms with Crippen molar-refractivity contribution in [2.24, 2.45) is 5.92 Å². The summed E-state index contributed by atoms with van der Waals surface area (Å²) in [7, 11) is 0. The molecule has 1 aromatic heterocycles. The van der Waals surface area contributed by atoms with E-state index in [1.54, 1.807) is 6.33 Å². The lowest BCUT2D eigenvalue weighted by atomic mass is 9.93. The standard InChI is InChI=1S/C14H24N4/c1-4-6-15-13-9-14(17-10-16-13)18-7-5-11(2)8-12(18)3/h9-12H,4-8H2,1-3H3,(H,15,16,17). The topological polar surface area (TPSA) is 41.0 Å². The van der Waals surface area contributed by atoms with Gasteiger partial charge in [-0.15, -0.1) is 0 Å². The van der Waals surface area contributed by atoms with E-state index in [0.29, 0.717) is 6.04 Å². The van der Waals surface area contributed by atoms with Crippen LogP contribution in [0.1, 0.15) is 40.0 Å². The van der Waals surface area contributed by atoms with E-state index in [1.165, 1.54) is 12.8 Å². The predicted molar refractivity (Wildman–Crippen MR) is 76.0 cm³/mol. The van der Waals surface area contributed by atoms with Crippen molar-refractivity contribution in [2.75, 3.05) is 23.3 Å². The zero-order chi connectivity index (χ0) is 13.0. The molecule has 100 valence electrons. The Labute approximate surface area is 110 Å². The summed E-state index contributed by atoms with van der Waals surface area (Å²) in [5, 5.41) is 3.32. The third-order valence-electron chi connectivity index (χ3n) is 3.64. The van der Waals surface area contributed by atoms with Gasteiger partial charge in [0.05, 0.1) is 0 Å². The van der Waals surface area contributed by atoms with Crippen molar-refractivity contribution in [1.29, 1.82) is 0 Å². The molecule has 1 aromatic rings. The Morgan fingerprint density at radius 2 is 2.22 bits per heavy atom. The number of hydrogen-bond acceptors (Lipinski definition) is 4. The van der Waals surface area contributed by atoms with Crippen LogP contribution in [0.25, 0.3) is 0 Å². The number of hydrogen-bond donors (Lipinski definition) is 1. The van der Waals surface area contributed by atoms with Crippen LogP contribution >= 0.6 is 0 Å². The van der Waals surface area contributed by atoms with Gasteiger partial charge in [-0.25, -0.2) is 9.97 Å². The average Bonchev–Trinajstić information content (AvgIpc) is 2.36. The lowest BCUT2D eigenvalue weighted by Gasteiger charge is -2.37. The van der Waals surface area contributed by atoms with Gasteiger partial charge in [0.25, 0.3) is 0 Å². The fourth-order valence-corrected chi connectivity index (χ4v) is 2.60. The summed E-state index contributed by atoms with van der Waals surface area (Å²) in [5.74, 6) is 2.83. The fourth-order valence-electron chi connectivity index (χ4n) is 2.60. The van der Waals surface area contributed by atoms with Crippen molar-refractivity contribution in [3.8, 4) is 0 Å². The van der Waals surface area contributed by atoms with Gasteiger partial charge in [0.2, 0.25) is 0 Å². The first-order valence-electron chi connectivity index (χ1n) is 7.03. The number of aromatic nitrogens is 2. The molecule has 1 aliphatic rings. The van der Waals surface area contributed by atoms with E-state index >= 15 is 0 Å². The van der Waals surface area contributed by atoms with Gasteiger partial charge in [0.1, 0.15) is 18.0 Å². The molecule has 1 saturated heterocycles. The highest BCUT2D eigenvalue weighted by Gasteiger charge is 2.23. The van der Waals surface area contributed by atoms with Crippen molar-refractivity contribution in [3.05, 3.63) is 12.4 Å². The summed E-state index contributed by atoms with van der Waals surface area (Å²) in [6.45, 7) is 8.85. The fraction of sp³-hybridized carbons (Fsp3) is 0.714. The summed E-state index contributed by atoms with van der Waals surface area (Å²) in [4.78, 5) is 11.1. The lowest BCUT2D eigenvalue weighted by molar-refractivity contribution is 0.376. The van der Waals surface area contributed by atoms with Crippen LogP contribution in [-0.4, -0.2) is 29.1 Å². The Balaban J connectivity index is 2.07. The number of rotatable bonds is 4.